The summed E-state index contributed by atoms with van der Waals surface area (Å²) in [5.41, 5.74) is 6.55. The molecule has 3 nitrogen and oxygen atoms in total. The van der Waals surface area contributed by atoms with Gasteiger partial charge in [0.15, 0.2) is 0 Å². The maximum atomic E-state index is 5.33. The third-order valence-electron chi connectivity index (χ3n) is 1.90. The van der Waals surface area contributed by atoms with Crippen LogP contribution >= 0.6 is 12.2 Å². The summed E-state index contributed by atoms with van der Waals surface area (Å²) in [6.45, 7) is 1.01. The molecule has 0 atom stereocenters. The zero-order chi connectivity index (χ0) is 11.1. The molecule has 0 saturated heterocycles. The van der Waals surface area contributed by atoms with Crippen molar-refractivity contribution in [2.24, 2.45) is 5.73 Å². The van der Waals surface area contributed by atoms with Crippen molar-refractivity contribution < 1.29 is 9.47 Å². The normalized spacial score (nSPS) is 9.93. The van der Waals surface area contributed by atoms with E-state index in [0.29, 0.717) is 4.99 Å². The predicted molar refractivity (Wildman–Crippen MR) is 64.3 cm³/mol. The van der Waals surface area contributed by atoms with E-state index in [1.165, 1.54) is 5.56 Å². The Morgan fingerprint density at radius 1 is 1.33 bits per heavy atom. The number of nitrogens with two attached hydrogens (primary N) is 1. The molecule has 1 rings (SSSR count). The number of benzene rings is 1. The topological polar surface area (TPSA) is 44.5 Å². The summed E-state index contributed by atoms with van der Waals surface area (Å²) in [6.07, 6.45) is 0.909. The lowest BCUT2D eigenvalue weighted by molar-refractivity contribution is 0.202. The van der Waals surface area contributed by atoms with Crippen LogP contribution in [0.25, 0.3) is 0 Å². The molecular formula is C11H15NO2S. The molecule has 0 aliphatic heterocycles. The SMILES string of the molecule is COCCc1ccc(OCC(N)=S)cc1. The van der Waals surface area contributed by atoms with Crippen molar-refractivity contribution in [1.29, 1.82) is 0 Å². The lowest BCUT2D eigenvalue weighted by Crippen LogP contribution is -2.17. The van der Waals surface area contributed by atoms with E-state index in [1.807, 2.05) is 24.3 Å². The highest BCUT2D eigenvalue weighted by Crippen LogP contribution is 2.12. The molecule has 82 valence electrons. The number of thiocarbonyl (C=S) groups is 1. The fraction of sp³-hybridized carbons (Fsp3) is 0.364. The van der Waals surface area contributed by atoms with Crippen LogP contribution in [0.15, 0.2) is 24.3 Å². The molecule has 0 aliphatic rings. The number of rotatable bonds is 6. The second-order valence-electron chi connectivity index (χ2n) is 3.14. The highest BCUT2D eigenvalue weighted by Gasteiger charge is 1.96. The van der Waals surface area contributed by atoms with Crippen LogP contribution < -0.4 is 10.5 Å². The lowest BCUT2D eigenvalue weighted by Gasteiger charge is -2.05. The van der Waals surface area contributed by atoms with Crippen LogP contribution in [0.5, 0.6) is 5.75 Å². The summed E-state index contributed by atoms with van der Waals surface area (Å²) in [6, 6.07) is 7.83. The summed E-state index contributed by atoms with van der Waals surface area (Å²) >= 11 is 4.71. The highest BCUT2D eigenvalue weighted by molar-refractivity contribution is 7.80. The summed E-state index contributed by atoms with van der Waals surface area (Å²) in [7, 11) is 1.69. The second-order valence-corrected chi connectivity index (χ2v) is 3.67. The van der Waals surface area contributed by atoms with Crippen LogP contribution in [0, 0.1) is 0 Å². The average Bonchev–Trinajstić information content (AvgIpc) is 2.25. The quantitative estimate of drug-likeness (QED) is 0.746. The Morgan fingerprint density at radius 2 is 2.00 bits per heavy atom. The first-order valence-corrected chi connectivity index (χ1v) is 5.12. The molecule has 1 aromatic carbocycles. The molecule has 0 unspecified atom stereocenters. The first kappa shape index (κ1) is 11.9. The number of hydrogen-bond acceptors (Lipinski definition) is 3. The molecule has 4 heteroatoms. The molecular weight excluding hydrogens is 210 g/mol. The van der Waals surface area contributed by atoms with Crippen LogP contribution in [-0.2, 0) is 11.2 Å². The van der Waals surface area contributed by atoms with Crippen molar-refractivity contribution >= 4 is 17.2 Å². The molecule has 0 spiro atoms. The minimum absolute atomic E-state index is 0.284. The third-order valence-corrected chi connectivity index (χ3v) is 2.02. The van der Waals surface area contributed by atoms with Gasteiger partial charge < -0.3 is 15.2 Å². The van der Waals surface area contributed by atoms with Gasteiger partial charge in [0.1, 0.15) is 17.3 Å². The zero-order valence-corrected chi connectivity index (χ0v) is 9.55. The van der Waals surface area contributed by atoms with Gasteiger partial charge in [-0.05, 0) is 24.1 Å². The molecule has 15 heavy (non-hydrogen) atoms. The van der Waals surface area contributed by atoms with Crippen LogP contribution in [0.4, 0.5) is 0 Å². The third kappa shape index (κ3) is 4.76. The van der Waals surface area contributed by atoms with Gasteiger partial charge in [-0.2, -0.15) is 0 Å². The standard InChI is InChI=1S/C11H15NO2S/c1-13-7-6-9-2-4-10(5-3-9)14-8-11(12)15/h2-5H,6-8H2,1H3,(H2,12,15). The monoisotopic (exact) mass is 225 g/mol. The molecule has 0 bridgehead atoms. The van der Waals surface area contributed by atoms with E-state index in [0.717, 1.165) is 18.8 Å². The molecule has 0 amide bonds. The Morgan fingerprint density at radius 3 is 2.53 bits per heavy atom. The van der Waals surface area contributed by atoms with E-state index >= 15 is 0 Å². The molecule has 0 heterocycles. The number of methoxy groups -OCH3 is 1. The molecule has 0 aliphatic carbocycles. The molecule has 2 N–H and O–H groups in total. The van der Waals surface area contributed by atoms with Crippen molar-refractivity contribution in [1.82, 2.24) is 0 Å². The van der Waals surface area contributed by atoms with Crippen LogP contribution in [0.3, 0.4) is 0 Å². The van der Waals surface area contributed by atoms with Crippen molar-refractivity contribution in [3.63, 3.8) is 0 Å². The maximum Gasteiger partial charge on any atom is 0.138 e. The molecule has 0 radical (unpaired) electrons. The molecule has 0 saturated carbocycles. The smallest absolute Gasteiger partial charge is 0.138 e. The lowest BCUT2D eigenvalue weighted by atomic mass is 10.1. The Labute approximate surface area is 95.2 Å². The van der Waals surface area contributed by atoms with Crippen molar-refractivity contribution in [3.8, 4) is 5.75 Å². The van der Waals surface area contributed by atoms with Gasteiger partial charge in [0.25, 0.3) is 0 Å². The van der Waals surface area contributed by atoms with E-state index in [2.05, 4.69) is 0 Å². The van der Waals surface area contributed by atoms with Gasteiger partial charge in [-0.15, -0.1) is 0 Å². The van der Waals surface area contributed by atoms with E-state index in [9.17, 15) is 0 Å². The Balaban J connectivity index is 2.45. The van der Waals surface area contributed by atoms with Gasteiger partial charge in [-0.1, -0.05) is 24.4 Å². The second kappa shape index (κ2) is 6.37. The molecule has 0 aromatic heterocycles. The van der Waals surface area contributed by atoms with E-state index < -0.39 is 0 Å². The van der Waals surface area contributed by atoms with Crippen molar-refractivity contribution in [2.75, 3.05) is 20.3 Å². The van der Waals surface area contributed by atoms with E-state index in [-0.39, 0.29) is 6.61 Å². The van der Waals surface area contributed by atoms with Gasteiger partial charge in [0, 0.05) is 7.11 Å². The fourth-order valence-corrected chi connectivity index (χ4v) is 1.19. The van der Waals surface area contributed by atoms with Crippen LogP contribution in [0.2, 0.25) is 0 Å². The van der Waals surface area contributed by atoms with Crippen LogP contribution in [0.1, 0.15) is 5.56 Å². The number of ether oxygens (including phenoxy) is 2. The van der Waals surface area contributed by atoms with Gasteiger partial charge in [0.05, 0.1) is 6.61 Å². The van der Waals surface area contributed by atoms with E-state index in [1.54, 1.807) is 7.11 Å². The van der Waals surface area contributed by atoms with Gasteiger partial charge in [-0.25, -0.2) is 0 Å². The fourth-order valence-electron chi connectivity index (χ4n) is 1.13. The minimum atomic E-state index is 0.284. The van der Waals surface area contributed by atoms with Crippen molar-refractivity contribution in [3.05, 3.63) is 29.8 Å². The maximum absolute atomic E-state index is 5.33. The average molecular weight is 225 g/mol. The van der Waals surface area contributed by atoms with E-state index in [4.69, 9.17) is 27.4 Å². The first-order chi connectivity index (χ1) is 7.22. The largest absolute Gasteiger partial charge is 0.487 e. The summed E-state index contributed by atoms with van der Waals surface area (Å²) < 4.78 is 10.3. The first-order valence-electron chi connectivity index (χ1n) is 4.71. The van der Waals surface area contributed by atoms with Gasteiger partial charge in [0.2, 0.25) is 0 Å². The minimum Gasteiger partial charge on any atom is -0.487 e. The zero-order valence-electron chi connectivity index (χ0n) is 8.73. The molecule has 1 aromatic rings. The highest BCUT2D eigenvalue weighted by atomic mass is 32.1. The molecule has 0 fully saturated rings. The van der Waals surface area contributed by atoms with Gasteiger partial charge >= 0.3 is 0 Å². The Hall–Kier alpha value is -1.13. The van der Waals surface area contributed by atoms with Crippen LogP contribution in [-0.4, -0.2) is 25.3 Å². The summed E-state index contributed by atoms with van der Waals surface area (Å²) in [4.78, 5) is 0.360. The predicted octanol–water partition coefficient (Wildman–Crippen LogP) is 1.54. The van der Waals surface area contributed by atoms with Gasteiger partial charge in [-0.3, -0.25) is 0 Å². The van der Waals surface area contributed by atoms with Crippen molar-refractivity contribution in [2.45, 2.75) is 6.42 Å². The summed E-state index contributed by atoms with van der Waals surface area (Å²) in [5, 5.41) is 0. The summed E-state index contributed by atoms with van der Waals surface area (Å²) in [5.74, 6) is 0.781. The Bertz CT molecular complexity index is 311. The number of hydrogen-bond donors (Lipinski definition) is 1. The Kier molecular flexibility index (Phi) is 5.07.